The second kappa shape index (κ2) is 6.29. The molecule has 132 valence electrons. The van der Waals surface area contributed by atoms with Gasteiger partial charge in [-0.3, -0.25) is 0 Å². The molecule has 0 aliphatic rings. The van der Waals surface area contributed by atoms with E-state index in [-0.39, 0.29) is 0 Å². The van der Waals surface area contributed by atoms with E-state index >= 15 is 0 Å². The molecule has 0 saturated heterocycles. The molecule has 0 aliphatic heterocycles. The monoisotopic (exact) mass is 364 g/mol. The zero-order valence-electron chi connectivity index (χ0n) is 13.8. The first-order chi connectivity index (χ1) is 13.0. The molecule has 1 heterocycles. The zero-order valence-corrected chi connectivity index (χ0v) is 13.8. The Labute approximate surface area is 152 Å². The number of alkyl halides is 3. The Kier molecular flexibility index (Phi) is 3.93. The Morgan fingerprint density at radius 2 is 1.59 bits per heavy atom. The van der Waals surface area contributed by atoms with E-state index in [1.165, 1.54) is 12.1 Å². The number of rotatable bonds is 2. The zero-order chi connectivity index (χ0) is 19.0. The Balaban J connectivity index is 1.74. The Morgan fingerprint density at radius 1 is 0.889 bits per heavy atom. The lowest BCUT2D eigenvalue weighted by molar-refractivity contribution is -0.137. The van der Waals surface area contributed by atoms with E-state index in [0.717, 1.165) is 12.1 Å². The Hall–Kier alpha value is -3.59. The molecular formula is C21H11F3N2O. The molecule has 0 bridgehead atoms. The van der Waals surface area contributed by atoms with Crippen molar-refractivity contribution in [2.24, 2.45) is 0 Å². The van der Waals surface area contributed by atoms with Gasteiger partial charge in [-0.05, 0) is 47.5 Å². The lowest BCUT2D eigenvalue weighted by Gasteiger charge is -2.07. The normalized spacial score (nSPS) is 11.5. The highest BCUT2D eigenvalue weighted by molar-refractivity contribution is 5.82. The average molecular weight is 364 g/mol. The van der Waals surface area contributed by atoms with Gasteiger partial charge in [-0.2, -0.15) is 18.4 Å². The fraction of sp³-hybridized carbons (Fsp3) is 0.0476. The van der Waals surface area contributed by atoms with Gasteiger partial charge < -0.3 is 4.42 Å². The van der Waals surface area contributed by atoms with E-state index in [4.69, 9.17) is 4.42 Å². The van der Waals surface area contributed by atoms with Crippen LogP contribution >= 0.6 is 0 Å². The molecule has 0 fully saturated rings. The van der Waals surface area contributed by atoms with Gasteiger partial charge in [0, 0.05) is 0 Å². The van der Waals surface area contributed by atoms with Crippen LogP contribution in [0.2, 0.25) is 0 Å². The van der Waals surface area contributed by atoms with Crippen molar-refractivity contribution in [2.75, 3.05) is 0 Å². The van der Waals surface area contributed by atoms with Crippen LogP contribution in [0.25, 0.3) is 33.7 Å². The SMILES string of the molecule is N#Cc1ccccc1-c1nc2ccc(-c3ccc(C(F)(F)F)cc3)cc2o1. The Bertz CT molecular complexity index is 1170. The highest BCUT2D eigenvalue weighted by Gasteiger charge is 2.30. The van der Waals surface area contributed by atoms with Crippen LogP contribution in [0.3, 0.4) is 0 Å². The minimum Gasteiger partial charge on any atom is -0.436 e. The van der Waals surface area contributed by atoms with E-state index < -0.39 is 11.7 Å². The van der Waals surface area contributed by atoms with Gasteiger partial charge in [0.1, 0.15) is 5.52 Å². The van der Waals surface area contributed by atoms with Crippen LogP contribution in [0.1, 0.15) is 11.1 Å². The van der Waals surface area contributed by atoms with Gasteiger partial charge in [0.05, 0.1) is 22.8 Å². The standard InChI is InChI=1S/C21H11F3N2O/c22-21(23,24)16-8-5-13(6-9-16)14-7-10-18-19(11-14)27-20(26-18)17-4-2-1-3-15(17)12-25/h1-11H. The topological polar surface area (TPSA) is 49.8 Å². The number of oxazole rings is 1. The van der Waals surface area contributed by atoms with E-state index in [9.17, 15) is 18.4 Å². The van der Waals surface area contributed by atoms with Crippen LogP contribution < -0.4 is 0 Å². The van der Waals surface area contributed by atoms with Crippen molar-refractivity contribution in [1.29, 1.82) is 5.26 Å². The predicted octanol–water partition coefficient (Wildman–Crippen LogP) is 6.05. The molecule has 4 aromatic rings. The molecule has 4 rings (SSSR count). The summed E-state index contributed by atoms with van der Waals surface area (Å²) in [4.78, 5) is 4.41. The van der Waals surface area contributed by atoms with Gasteiger partial charge in [0.15, 0.2) is 5.58 Å². The van der Waals surface area contributed by atoms with E-state index in [1.807, 2.05) is 0 Å². The van der Waals surface area contributed by atoms with E-state index in [1.54, 1.807) is 42.5 Å². The summed E-state index contributed by atoms with van der Waals surface area (Å²) in [5, 5.41) is 9.23. The van der Waals surface area contributed by atoms with Crippen LogP contribution in [-0.2, 0) is 6.18 Å². The molecule has 0 radical (unpaired) electrons. The maximum Gasteiger partial charge on any atom is 0.416 e. The molecule has 3 nitrogen and oxygen atoms in total. The van der Waals surface area contributed by atoms with Crippen LogP contribution in [0.5, 0.6) is 0 Å². The predicted molar refractivity (Wildman–Crippen MR) is 94.6 cm³/mol. The van der Waals surface area contributed by atoms with E-state index in [0.29, 0.717) is 39.2 Å². The first-order valence-corrected chi connectivity index (χ1v) is 8.03. The van der Waals surface area contributed by atoms with Gasteiger partial charge in [-0.15, -0.1) is 0 Å². The number of benzene rings is 3. The molecule has 0 unspecified atom stereocenters. The van der Waals surface area contributed by atoms with Crippen molar-refractivity contribution in [1.82, 2.24) is 4.98 Å². The number of hydrogen-bond acceptors (Lipinski definition) is 3. The molecule has 27 heavy (non-hydrogen) atoms. The fourth-order valence-electron chi connectivity index (χ4n) is 2.84. The number of halogens is 3. The average Bonchev–Trinajstić information content (AvgIpc) is 3.10. The van der Waals surface area contributed by atoms with Gasteiger partial charge in [0.25, 0.3) is 0 Å². The highest BCUT2D eigenvalue weighted by Crippen LogP contribution is 2.33. The van der Waals surface area contributed by atoms with Crippen molar-refractivity contribution in [3.8, 4) is 28.7 Å². The smallest absolute Gasteiger partial charge is 0.416 e. The van der Waals surface area contributed by atoms with Crippen LogP contribution in [0.15, 0.2) is 71.1 Å². The second-order valence-electron chi connectivity index (χ2n) is 5.93. The summed E-state index contributed by atoms with van der Waals surface area (Å²) in [6, 6.07) is 19.3. The minimum atomic E-state index is -4.36. The van der Waals surface area contributed by atoms with Gasteiger partial charge >= 0.3 is 6.18 Å². The van der Waals surface area contributed by atoms with E-state index in [2.05, 4.69) is 11.1 Å². The third-order valence-corrected chi connectivity index (χ3v) is 4.21. The van der Waals surface area contributed by atoms with Gasteiger partial charge in [-0.25, -0.2) is 4.98 Å². The molecule has 0 atom stereocenters. The first kappa shape index (κ1) is 16.9. The van der Waals surface area contributed by atoms with Crippen LogP contribution in [0.4, 0.5) is 13.2 Å². The first-order valence-electron chi connectivity index (χ1n) is 8.03. The summed E-state index contributed by atoms with van der Waals surface area (Å²) in [6.07, 6.45) is -4.36. The quantitative estimate of drug-likeness (QED) is 0.435. The minimum absolute atomic E-state index is 0.326. The highest BCUT2D eigenvalue weighted by atomic mass is 19.4. The van der Waals surface area contributed by atoms with Crippen molar-refractivity contribution < 1.29 is 17.6 Å². The maximum atomic E-state index is 12.7. The molecule has 0 saturated carbocycles. The van der Waals surface area contributed by atoms with Crippen LogP contribution in [0, 0.1) is 11.3 Å². The number of fused-ring (bicyclic) bond motifs is 1. The maximum absolute atomic E-state index is 12.7. The molecule has 0 amide bonds. The molecule has 0 aliphatic carbocycles. The Morgan fingerprint density at radius 3 is 2.30 bits per heavy atom. The molecule has 0 spiro atoms. The summed E-state index contributed by atoms with van der Waals surface area (Å²) in [5.41, 5.74) is 2.80. The second-order valence-corrected chi connectivity index (χ2v) is 5.93. The van der Waals surface area contributed by atoms with Gasteiger partial charge in [0.2, 0.25) is 5.89 Å². The van der Waals surface area contributed by atoms with Crippen molar-refractivity contribution in [2.45, 2.75) is 6.18 Å². The lowest BCUT2D eigenvalue weighted by Crippen LogP contribution is -2.03. The van der Waals surface area contributed by atoms with Crippen LogP contribution in [-0.4, -0.2) is 4.98 Å². The van der Waals surface area contributed by atoms with Crippen molar-refractivity contribution in [3.05, 3.63) is 77.9 Å². The number of hydrogen-bond donors (Lipinski definition) is 0. The summed E-state index contributed by atoms with van der Waals surface area (Å²) >= 11 is 0. The third-order valence-electron chi connectivity index (χ3n) is 4.21. The van der Waals surface area contributed by atoms with Crippen molar-refractivity contribution >= 4 is 11.1 Å². The van der Waals surface area contributed by atoms with Crippen molar-refractivity contribution in [3.63, 3.8) is 0 Å². The number of aromatic nitrogens is 1. The molecule has 1 aromatic heterocycles. The molecule has 6 heteroatoms. The fourth-order valence-corrected chi connectivity index (χ4v) is 2.84. The largest absolute Gasteiger partial charge is 0.436 e. The lowest BCUT2D eigenvalue weighted by atomic mass is 10.0. The summed E-state index contributed by atoms with van der Waals surface area (Å²) in [6.45, 7) is 0. The van der Waals surface area contributed by atoms with Gasteiger partial charge in [-0.1, -0.05) is 30.3 Å². The summed E-state index contributed by atoms with van der Waals surface area (Å²) in [7, 11) is 0. The molecule has 0 N–H and O–H groups in total. The third kappa shape index (κ3) is 3.15. The number of nitriles is 1. The number of nitrogens with zero attached hydrogens (tertiary/aromatic N) is 2. The molecule has 3 aromatic carbocycles. The molecular weight excluding hydrogens is 353 g/mol. The summed E-state index contributed by atoms with van der Waals surface area (Å²) < 4.78 is 43.9. The summed E-state index contributed by atoms with van der Waals surface area (Å²) in [5.74, 6) is 0.326.